The molecule has 1 unspecified atom stereocenters. The van der Waals surface area contributed by atoms with Crippen LogP contribution in [0.2, 0.25) is 0 Å². The van der Waals surface area contributed by atoms with E-state index < -0.39 is 0 Å². The standard InChI is InChI=1S/C17H21N3O/c1-3-21-13-9-7-12(8-10-13)17-19-11-14-15(18-2)5-4-6-16(14)20-17/h7-11,15,18H,3-6H2,1-2H3. The highest BCUT2D eigenvalue weighted by atomic mass is 16.5. The van der Waals surface area contributed by atoms with Crippen LogP contribution in [0.15, 0.2) is 30.5 Å². The molecule has 1 aliphatic carbocycles. The molecule has 0 saturated heterocycles. The zero-order chi connectivity index (χ0) is 14.7. The average Bonchev–Trinajstić information content (AvgIpc) is 2.55. The number of aryl methyl sites for hydroxylation is 1. The molecule has 0 bridgehead atoms. The quantitative estimate of drug-likeness (QED) is 0.936. The lowest BCUT2D eigenvalue weighted by Crippen LogP contribution is -2.22. The first-order chi connectivity index (χ1) is 10.3. The molecule has 2 aromatic rings. The molecule has 110 valence electrons. The van der Waals surface area contributed by atoms with E-state index in [1.165, 1.54) is 17.7 Å². The van der Waals surface area contributed by atoms with Gasteiger partial charge in [0.05, 0.1) is 6.61 Å². The van der Waals surface area contributed by atoms with Crippen LogP contribution < -0.4 is 10.1 Å². The smallest absolute Gasteiger partial charge is 0.159 e. The third kappa shape index (κ3) is 2.90. The van der Waals surface area contributed by atoms with Gasteiger partial charge >= 0.3 is 0 Å². The van der Waals surface area contributed by atoms with Crippen molar-refractivity contribution in [1.29, 1.82) is 0 Å². The van der Waals surface area contributed by atoms with Gasteiger partial charge < -0.3 is 10.1 Å². The van der Waals surface area contributed by atoms with Crippen molar-refractivity contribution in [3.63, 3.8) is 0 Å². The van der Waals surface area contributed by atoms with Crippen molar-refractivity contribution in [2.75, 3.05) is 13.7 Å². The van der Waals surface area contributed by atoms with Crippen LogP contribution in [0.3, 0.4) is 0 Å². The van der Waals surface area contributed by atoms with E-state index in [0.717, 1.165) is 30.0 Å². The van der Waals surface area contributed by atoms with E-state index in [1.807, 2.05) is 44.4 Å². The van der Waals surface area contributed by atoms with Gasteiger partial charge in [-0.3, -0.25) is 0 Å². The molecular formula is C17H21N3O. The molecule has 4 nitrogen and oxygen atoms in total. The minimum absolute atomic E-state index is 0.392. The molecule has 0 radical (unpaired) electrons. The Labute approximate surface area is 125 Å². The Kier molecular flexibility index (Phi) is 4.15. The molecular weight excluding hydrogens is 262 g/mol. The number of fused-ring (bicyclic) bond motifs is 1. The maximum Gasteiger partial charge on any atom is 0.159 e. The average molecular weight is 283 g/mol. The topological polar surface area (TPSA) is 47.0 Å². The molecule has 1 aliphatic rings. The van der Waals surface area contributed by atoms with Gasteiger partial charge in [-0.15, -0.1) is 0 Å². The van der Waals surface area contributed by atoms with Gasteiger partial charge in [-0.1, -0.05) is 0 Å². The Morgan fingerprint density at radius 2 is 2.10 bits per heavy atom. The van der Waals surface area contributed by atoms with Crippen molar-refractivity contribution in [3.8, 4) is 17.1 Å². The van der Waals surface area contributed by atoms with E-state index in [0.29, 0.717) is 12.6 Å². The van der Waals surface area contributed by atoms with Gasteiger partial charge in [-0.05, 0) is 57.5 Å². The molecule has 0 spiro atoms. The Bertz CT molecular complexity index is 610. The van der Waals surface area contributed by atoms with E-state index in [9.17, 15) is 0 Å². The number of nitrogens with one attached hydrogen (secondary N) is 1. The number of aromatic nitrogens is 2. The SMILES string of the molecule is CCOc1ccc(-c2ncc3c(n2)CCCC3NC)cc1. The van der Waals surface area contributed by atoms with Gasteiger partial charge in [-0.25, -0.2) is 9.97 Å². The molecule has 1 aromatic carbocycles. The summed E-state index contributed by atoms with van der Waals surface area (Å²) in [5.41, 5.74) is 3.46. The first kappa shape index (κ1) is 14.0. The molecule has 0 amide bonds. The summed E-state index contributed by atoms with van der Waals surface area (Å²) in [6, 6.07) is 8.37. The number of hydrogen-bond acceptors (Lipinski definition) is 4. The van der Waals surface area contributed by atoms with E-state index >= 15 is 0 Å². The Morgan fingerprint density at radius 1 is 1.29 bits per heavy atom. The van der Waals surface area contributed by atoms with Crippen LogP contribution in [0.4, 0.5) is 0 Å². The molecule has 1 atom stereocenters. The Balaban J connectivity index is 1.89. The molecule has 1 aromatic heterocycles. The number of nitrogens with zero attached hydrogens (tertiary/aromatic N) is 2. The molecule has 0 fully saturated rings. The number of ether oxygens (including phenoxy) is 1. The molecule has 4 heteroatoms. The van der Waals surface area contributed by atoms with Crippen LogP contribution in [0.5, 0.6) is 5.75 Å². The highest BCUT2D eigenvalue weighted by Gasteiger charge is 2.20. The summed E-state index contributed by atoms with van der Waals surface area (Å²) in [6.45, 7) is 2.67. The van der Waals surface area contributed by atoms with Crippen molar-refractivity contribution in [3.05, 3.63) is 41.7 Å². The summed E-state index contributed by atoms with van der Waals surface area (Å²) in [7, 11) is 2.00. The van der Waals surface area contributed by atoms with Crippen LogP contribution in [0, 0.1) is 0 Å². The van der Waals surface area contributed by atoms with Gasteiger partial charge in [0.1, 0.15) is 5.75 Å². The maximum atomic E-state index is 5.47. The summed E-state index contributed by atoms with van der Waals surface area (Å²) in [6.07, 6.45) is 5.36. The third-order valence-electron chi connectivity index (χ3n) is 3.95. The largest absolute Gasteiger partial charge is 0.494 e. The van der Waals surface area contributed by atoms with Crippen LogP contribution in [0.25, 0.3) is 11.4 Å². The summed E-state index contributed by atoms with van der Waals surface area (Å²) < 4.78 is 5.47. The summed E-state index contributed by atoms with van der Waals surface area (Å²) in [5, 5.41) is 3.34. The zero-order valence-electron chi connectivity index (χ0n) is 12.6. The lowest BCUT2D eigenvalue weighted by atomic mass is 9.92. The van der Waals surface area contributed by atoms with E-state index in [2.05, 4.69) is 10.3 Å². The number of rotatable bonds is 4. The second kappa shape index (κ2) is 6.22. The predicted molar refractivity (Wildman–Crippen MR) is 83.4 cm³/mol. The van der Waals surface area contributed by atoms with Gasteiger partial charge in [0.25, 0.3) is 0 Å². The normalized spacial score (nSPS) is 17.3. The van der Waals surface area contributed by atoms with Crippen molar-refractivity contribution < 1.29 is 4.74 Å². The van der Waals surface area contributed by atoms with Crippen molar-refractivity contribution >= 4 is 0 Å². The minimum atomic E-state index is 0.392. The molecule has 1 heterocycles. The second-order valence-corrected chi connectivity index (χ2v) is 5.29. The number of benzene rings is 1. The minimum Gasteiger partial charge on any atom is -0.494 e. The maximum absolute atomic E-state index is 5.47. The fourth-order valence-corrected chi connectivity index (χ4v) is 2.85. The molecule has 1 N–H and O–H groups in total. The molecule has 21 heavy (non-hydrogen) atoms. The first-order valence-corrected chi connectivity index (χ1v) is 7.58. The van der Waals surface area contributed by atoms with Crippen molar-refractivity contribution in [2.45, 2.75) is 32.2 Å². The predicted octanol–water partition coefficient (Wildman–Crippen LogP) is 3.14. The highest BCUT2D eigenvalue weighted by Crippen LogP contribution is 2.29. The Hall–Kier alpha value is -1.94. The van der Waals surface area contributed by atoms with E-state index in [-0.39, 0.29) is 0 Å². The van der Waals surface area contributed by atoms with Gasteiger partial charge in [0.15, 0.2) is 5.82 Å². The van der Waals surface area contributed by atoms with Crippen molar-refractivity contribution in [1.82, 2.24) is 15.3 Å². The van der Waals surface area contributed by atoms with Crippen LogP contribution in [-0.2, 0) is 6.42 Å². The molecule has 0 aliphatic heterocycles. The van der Waals surface area contributed by atoms with Crippen LogP contribution >= 0.6 is 0 Å². The zero-order valence-corrected chi connectivity index (χ0v) is 12.6. The van der Waals surface area contributed by atoms with Gasteiger partial charge in [0.2, 0.25) is 0 Å². The summed E-state index contributed by atoms with van der Waals surface area (Å²) in [4.78, 5) is 9.31. The first-order valence-electron chi connectivity index (χ1n) is 7.58. The van der Waals surface area contributed by atoms with Crippen LogP contribution in [-0.4, -0.2) is 23.6 Å². The van der Waals surface area contributed by atoms with E-state index in [4.69, 9.17) is 9.72 Å². The lowest BCUT2D eigenvalue weighted by molar-refractivity contribution is 0.340. The fraction of sp³-hybridized carbons (Fsp3) is 0.412. The fourth-order valence-electron chi connectivity index (χ4n) is 2.85. The number of hydrogen-bond donors (Lipinski definition) is 1. The third-order valence-corrected chi connectivity index (χ3v) is 3.95. The van der Waals surface area contributed by atoms with Crippen LogP contribution in [0.1, 0.15) is 37.1 Å². The second-order valence-electron chi connectivity index (χ2n) is 5.29. The molecule has 0 saturated carbocycles. The highest BCUT2D eigenvalue weighted by molar-refractivity contribution is 5.56. The summed E-state index contributed by atoms with van der Waals surface area (Å²) >= 11 is 0. The van der Waals surface area contributed by atoms with Crippen molar-refractivity contribution in [2.24, 2.45) is 0 Å². The van der Waals surface area contributed by atoms with E-state index in [1.54, 1.807) is 0 Å². The Morgan fingerprint density at radius 3 is 2.81 bits per heavy atom. The van der Waals surface area contributed by atoms with Gasteiger partial charge in [0, 0.05) is 29.1 Å². The lowest BCUT2D eigenvalue weighted by Gasteiger charge is -2.24. The molecule has 3 rings (SSSR count). The monoisotopic (exact) mass is 283 g/mol. The summed E-state index contributed by atoms with van der Waals surface area (Å²) in [5.74, 6) is 1.68. The van der Waals surface area contributed by atoms with Gasteiger partial charge in [-0.2, -0.15) is 0 Å².